The SMILES string of the molecule is CC1(C)C(NC(=O)c2ccc3c(c2)NCC3)C1(C)C. The lowest BCUT2D eigenvalue weighted by molar-refractivity contribution is 0.0943. The maximum atomic E-state index is 12.3. The van der Waals surface area contributed by atoms with Crippen molar-refractivity contribution in [3.63, 3.8) is 0 Å². The molecule has 1 heterocycles. The van der Waals surface area contributed by atoms with Crippen LogP contribution in [0, 0.1) is 10.8 Å². The number of hydrogen-bond donors (Lipinski definition) is 2. The van der Waals surface area contributed by atoms with Crippen LogP contribution in [0.4, 0.5) is 5.69 Å². The van der Waals surface area contributed by atoms with Crippen molar-refractivity contribution in [3.8, 4) is 0 Å². The van der Waals surface area contributed by atoms with Crippen molar-refractivity contribution < 1.29 is 4.79 Å². The highest BCUT2D eigenvalue weighted by Gasteiger charge is 2.65. The predicted octanol–water partition coefficient (Wildman–Crippen LogP) is 2.82. The van der Waals surface area contributed by atoms with Crippen LogP contribution in [0.15, 0.2) is 18.2 Å². The monoisotopic (exact) mass is 258 g/mol. The van der Waals surface area contributed by atoms with E-state index in [1.54, 1.807) is 0 Å². The van der Waals surface area contributed by atoms with E-state index < -0.39 is 0 Å². The molecular formula is C16H22N2O. The first-order valence-electron chi connectivity index (χ1n) is 7.02. The Hall–Kier alpha value is -1.51. The summed E-state index contributed by atoms with van der Waals surface area (Å²) in [6, 6.07) is 6.23. The number of carbonyl (C=O) groups excluding carboxylic acids is 1. The van der Waals surface area contributed by atoms with Crippen LogP contribution in [0.2, 0.25) is 0 Å². The molecule has 1 amide bonds. The van der Waals surface area contributed by atoms with Crippen molar-refractivity contribution in [2.75, 3.05) is 11.9 Å². The molecule has 1 aromatic rings. The van der Waals surface area contributed by atoms with E-state index in [2.05, 4.69) is 44.4 Å². The first-order chi connectivity index (χ1) is 8.84. The van der Waals surface area contributed by atoms with Crippen LogP contribution in [0.5, 0.6) is 0 Å². The van der Waals surface area contributed by atoms with Crippen LogP contribution >= 0.6 is 0 Å². The van der Waals surface area contributed by atoms with Crippen molar-refractivity contribution in [1.82, 2.24) is 5.32 Å². The number of carbonyl (C=O) groups is 1. The number of fused-ring (bicyclic) bond motifs is 1. The third-order valence-corrected chi connectivity index (χ3v) is 5.38. The van der Waals surface area contributed by atoms with Gasteiger partial charge in [0.2, 0.25) is 0 Å². The second kappa shape index (κ2) is 3.75. The summed E-state index contributed by atoms with van der Waals surface area (Å²) in [5.74, 6) is 0.0418. The summed E-state index contributed by atoms with van der Waals surface area (Å²) in [7, 11) is 0. The van der Waals surface area contributed by atoms with Crippen LogP contribution in [0.25, 0.3) is 0 Å². The maximum absolute atomic E-state index is 12.3. The minimum Gasteiger partial charge on any atom is -0.384 e. The van der Waals surface area contributed by atoms with Gasteiger partial charge in [0.25, 0.3) is 5.91 Å². The topological polar surface area (TPSA) is 41.1 Å². The predicted molar refractivity (Wildman–Crippen MR) is 77.5 cm³/mol. The third kappa shape index (κ3) is 1.75. The van der Waals surface area contributed by atoms with Gasteiger partial charge < -0.3 is 10.6 Å². The molecule has 0 atom stereocenters. The number of nitrogens with one attached hydrogen (secondary N) is 2. The standard InChI is InChI=1S/C16H22N2O/c1-15(2)14(16(15,3)4)18-13(19)11-6-5-10-7-8-17-12(10)9-11/h5-6,9,14,17H,7-8H2,1-4H3,(H,18,19). The maximum Gasteiger partial charge on any atom is 0.251 e. The fourth-order valence-corrected chi connectivity index (χ4v) is 3.20. The highest BCUT2D eigenvalue weighted by molar-refractivity contribution is 5.96. The van der Waals surface area contributed by atoms with Crippen LogP contribution in [-0.2, 0) is 6.42 Å². The molecule has 0 saturated heterocycles. The summed E-state index contributed by atoms with van der Waals surface area (Å²) in [6.07, 6.45) is 1.06. The highest BCUT2D eigenvalue weighted by atomic mass is 16.1. The zero-order valence-corrected chi connectivity index (χ0v) is 12.1. The van der Waals surface area contributed by atoms with Crippen molar-refractivity contribution in [2.24, 2.45) is 10.8 Å². The molecule has 1 aliphatic heterocycles. The van der Waals surface area contributed by atoms with Gasteiger partial charge in [-0.2, -0.15) is 0 Å². The van der Waals surface area contributed by atoms with Crippen molar-refractivity contribution in [2.45, 2.75) is 40.2 Å². The Kier molecular flexibility index (Phi) is 2.47. The molecule has 19 heavy (non-hydrogen) atoms. The van der Waals surface area contributed by atoms with Gasteiger partial charge in [-0.25, -0.2) is 0 Å². The fourth-order valence-electron chi connectivity index (χ4n) is 3.20. The lowest BCUT2D eigenvalue weighted by Gasteiger charge is -2.08. The van der Waals surface area contributed by atoms with E-state index in [0.717, 1.165) is 24.2 Å². The molecule has 3 rings (SSSR count). The summed E-state index contributed by atoms with van der Waals surface area (Å²) in [4.78, 5) is 12.3. The van der Waals surface area contributed by atoms with Crippen LogP contribution < -0.4 is 10.6 Å². The quantitative estimate of drug-likeness (QED) is 0.856. The van der Waals surface area contributed by atoms with Crippen molar-refractivity contribution >= 4 is 11.6 Å². The minimum absolute atomic E-state index is 0.0418. The Bertz CT molecular complexity index is 532. The summed E-state index contributed by atoms with van der Waals surface area (Å²) in [5, 5.41) is 6.49. The van der Waals surface area contributed by atoms with E-state index >= 15 is 0 Å². The van der Waals surface area contributed by atoms with Crippen molar-refractivity contribution in [1.29, 1.82) is 0 Å². The van der Waals surface area contributed by atoms with Gasteiger partial charge in [0.05, 0.1) is 0 Å². The van der Waals surface area contributed by atoms with Gasteiger partial charge in [0.15, 0.2) is 0 Å². The van der Waals surface area contributed by atoms with Crippen LogP contribution in [-0.4, -0.2) is 18.5 Å². The molecule has 1 aliphatic carbocycles. The Morgan fingerprint density at radius 3 is 2.58 bits per heavy atom. The Morgan fingerprint density at radius 1 is 1.26 bits per heavy atom. The molecule has 0 bridgehead atoms. The first-order valence-corrected chi connectivity index (χ1v) is 7.02. The summed E-state index contributed by atoms with van der Waals surface area (Å²) >= 11 is 0. The van der Waals surface area contributed by atoms with E-state index in [0.29, 0.717) is 0 Å². The van der Waals surface area contributed by atoms with Crippen LogP contribution in [0.1, 0.15) is 43.6 Å². The Morgan fingerprint density at radius 2 is 1.95 bits per heavy atom. The summed E-state index contributed by atoms with van der Waals surface area (Å²) in [6.45, 7) is 9.82. The zero-order valence-electron chi connectivity index (χ0n) is 12.1. The van der Waals surface area contributed by atoms with Gasteiger partial charge in [-0.15, -0.1) is 0 Å². The van der Waals surface area contributed by atoms with Gasteiger partial charge in [-0.1, -0.05) is 33.8 Å². The van der Waals surface area contributed by atoms with Crippen molar-refractivity contribution in [3.05, 3.63) is 29.3 Å². The Balaban J connectivity index is 1.76. The van der Waals surface area contributed by atoms with Gasteiger partial charge in [0, 0.05) is 23.8 Å². The molecule has 3 nitrogen and oxygen atoms in total. The average Bonchev–Trinajstić information content (AvgIpc) is 2.76. The largest absolute Gasteiger partial charge is 0.384 e. The smallest absolute Gasteiger partial charge is 0.251 e. The number of rotatable bonds is 2. The van der Waals surface area contributed by atoms with Crippen LogP contribution in [0.3, 0.4) is 0 Å². The van der Waals surface area contributed by atoms with E-state index in [1.807, 2.05) is 12.1 Å². The number of anilines is 1. The molecule has 1 aromatic carbocycles. The third-order valence-electron chi connectivity index (χ3n) is 5.38. The number of amides is 1. The summed E-state index contributed by atoms with van der Waals surface area (Å²) in [5.41, 5.74) is 3.53. The second-order valence-corrected chi connectivity index (χ2v) is 6.90. The van der Waals surface area contributed by atoms with E-state index in [-0.39, 0.29) is 22.8 Å². The normalized spacial score (nSPS) is 22.5. The van der Waals surface area contributed by atoms with Gasteiger partial charge in [-0.05, 0) is 34.9 Å². The second-order valence-electron chi connectivity index (χ2n) is 6.90. The van der Waals surface area contributed by atoms with Gasteiger partial charge in [0.1, 0.15) is 0 Å². The lowest BCUT2D eigenvalue weighted by atomic mass is 10.0. The fraction of sp³-hybridized carbons (Fsp3) is 0.562. The molecule has 0 spiro atoms. The molecule has 1 fully saturated rings. The average molecular weight is 258 g/mol. The first kappa shape index (κ1) is 12.5. The highest BCUT2D eigenvalue weighted by Crippen LogP contribution is 2.62. The molecule has 0 aromatic heterocycles. The summed E-state index contributed by atoms with van der Waals surface area (Å²) < 4.78 is 0. The molecule has 3 heteroatoms. The molecule has 0 unspecified atom stereocenters. The molecule has 102 valence electrons. The van der Waals surface area contributed by atoms with E-state index in [1.165, 1.54) is 5.56 Å². The molecule has 2 aliphatic rings. The number of benzene rings is 1. The minimum atomic E-state index is 0.0418. The van der Waals surface area contributed by atoms with E-state index in [9.17, 15) is 4.79 Å². The van der Waals surface area contributed by atoms with Gasteiger partial charge in [-0.3, -0.25) is 4.79 Å². The lowest BCUT2D eigenvalue weighted by Crippen LogP contribution is -2.29. The molecular weight excluding hydrogens is 236 g/mol. The molecule has 0 radical (unpaired) electrons. The van der Waals surface area contributed by atoms with E-state index in [4.69, 9.17) is 0 Å². The zero-order chi connectivity index (χ0) is 13.8. The molecule has 2 N–H and O–H groups in total. The van der Waals surface area contributed by atoms with Gasteiger partial charge >= 0.3 is 0 Å². The Labute approximate surface area is 114 Å². The molecule has 1 saturated carbocycles. The number of hydrogen-bond acceptors (Lipinski definition) is 2.